The Balaban J connectivity index is 1.93. The van der Waals surface area contributed by atoms with Crippen molar-refractivity contribution in [3.8, 4) is 0 Å². The molecule has 0 aliphatic heterocycles. The number of hydrogen-bond donors (Lipinski definition) is 2. The van der Waals surface area contributed by atoms with Crippen LogP contribution in [-0.4, -0.2) is 25.2 Å². The van der Waals surface area contributed by atoms with E-state index < -0.39 is 15.2 Å². The Bertz CT molecular complexity index is 1500. The van der Waals surface area contributed by atoms with E-state index in [0.29, 0.717) is 5.46 Å². The molecule has 0 aromatic heterocycles. The summed E-state index contributed by atoms with van der Waals surface area (Å²) in [5.74, 6) is 0. The third-order valence-corrected chi connectivity index (χ3v) is 12.1. The third kappa shape index (κ3) is 3.42. The van der Waals surface area contributed by atoms with E-state index in [2.05, 4.69) is 103 Å². The second kappa shape index (κ2) is 9.25. The predicted molar refractivity (Wildman–Crippen MR) is 155 cm³/mol. The molecule has 6 aromatic rings. The quantitative estimate of drug-likeness (QED) is 0.226. The van der Waals surface area contributed by atoms with Crippen molar-refractivity contribution in [3.63, 3.8) is 0 Å². The molecule has 0 radical (unpaired) electrons. The molecule has 0 saturated carbocycles. The Hall–Kier alpha value is -3.96. The van der Waals surface area contributed by atoms with Crippen molar-refractivity contribution >= 4 is 62.9 Å². The molecule has 0 saturated heterocycles. The molecule has 172 valence electrons. The highest BCUT2D eigenvalue weighted by Crippen LogP contribution is 2.24. The second-order valence-electron chi connectivity index (χ2n) is 9.10. The highest BCUT2D eigenvalue weighted by atomic mass is 28.3. The van der Waals surface area contributed by atoms with Crippen molar-refractivity contribution in [2.24, 2.45) is 0 Å². The van der Waals surface area contributed by atoms with Crippen LogP contribution in [0.2, 0.25) is 0 Å². The van der Waals surface area contributed by atoms with Gasteiger partial charge in [-0.05, 0) is 47.8 Å². The lowest BCUT2D eigenvalue weighted by molar-refractivity contribution is 0.426. The fraction of sp³-hybridized carbons (Fsp3) is 0. The minimum atomic E-state index is -2.85. The molecule has 2 nitrogen and oxygen atoms in total. The molecule has 6 aromatic carbocycles. The monoisotopic (exact) mass is 480 g/mol. The van der Waals surface area contributed by atoms with Gasteiger partial charge in [-0.2, -0.15) is 0 Å². The first-order valence-electron chi connectivity index (χ1n) is 12.2. The van der Waals surface area contributed by atoms with Gasteiger partial charge in [-0.15, -0.1) is 0 Å². The molecule has 0 spiro atoms. The minimum absolute atomic E-state index is 0.557. The Morgan fingerprint density at radius 3 is 1.03 bits per heavy atom. The van der Waals surface area contributed by atoms with Crippen LogP contribution in [0.15, 0.2) is 140 Å². The summed E-state index contributed by atoms with van der Waals surface area (Å²) in [4.78, 5) is 0. The van der Waals surface area contributed by atoms with Crippen LogP contribution >= 0.6 is 0 Å². The van der Waals surface area contributed by atoms with E-state index in [1.165, 1.54) is 20.7 Å². The molecule has 4 heteroatoms. The van der Waals surface area contributed by atoms with Crippen LogP contribution in [0.3, 0.4) is 0 Å². The first-order valence-corrected chi connectivity index (χ1v) is 14.2. The average Bonchev–Trinajstić information content (AvgIpc) is 2.94. The topological polar surface area (TPSA) is 40.5 Å². The zero-order valence-electron chi connectivity index (χ0n) is 19.8. The number of benzene rings is 6. The summed E-state index contributed by atoms with van der Waals surface area (Å²) in [6, 6.07) is 48.8. The maximum Gasteiger partial charge on any atom is 0.489 e. The third-order valence-electron chi connectivity index (χ3n) is 7.23. The molecule has 0 fully saturated rings. The van der Waals surface area contributed by atoms with E-state index in [1.54, 1.807) is 0 Å². The van der Waals surface area contributed by atoms with E-state index in [4.69, 9.17) is 0 Å². The van der Waals surface area contributed by atoms with E-state index in [1.807, 2.05) is 36.4 Å². The summed E-state index contributed by atoms with van der Waals surface area (Å²) < 4.78 is 0. The number of fused-ring (bicyclic) bond motifs is 2. The maximum absolute atomic E-state index is 10.5. The van der Waals surface area contributed by atoms with Crippen molar-refractivity contribution in [2.75, 3.05) is 0 Å². The lowest BCUT2D eigenvalue weighted by atomic mass is 9.74. The Labute approximate surface area is 212 Å². The van der Waals surface area contributed by atoms with E-state index >= 15 is 0 Å². The molecule has 0 heterocycles. The summed E-state index contributed by atoms with van der Waals surface area (Å²) >= 11 is 0. The number of hydrogen-bond acceptors (Lipinski definition) is 2. The van der Waals surface area contributed by atoms with Crippen molar-refractivity contribution in [1.82, 2.24) is 0 Å². The van der Waals surface area contributed by atoms with Crippen molar-refractivity contribution in [2.45, 2.75) is 0 Å². The Kier molecular flexibility index (Phi) is 5.78. The van der Waals surface area contributed by atoms with Gasteiger partial charge in [-0.3, -0.25) is 0 Å². The molecule has 6 rings (SSSR count). The largest absolute Gasteiger partial charge is 0.489 e. The zero-order chi connectivity index (χ0) is 24.5. The maximum atomic E-state index is 10.5. The average molecular weight is 480 g/mol. The normalized spacial score (nSPS) is 11.6. The van der Waals surface area contributed by atoms with Crippen LogP contribution in [0.25, 0.3) is 21.5 Å². The van der Waals surface area contributed by atoms with E-state index in [9.17, 15) is 10.0 Å². The lowest BCUT2D eigenvalue weighted by Gasteiger charge is -2.36. The molecule has 0 aliphatic rings. The van der Waals surface area contributed by atoms with Gasteiger partial charge in [-0.1, -0.05) is 140 Å². The van der Waals surface area contributed by atoms with E-state index in [0.717, 1.165) is 21.5 Å². The van der Waals surface area contributed by atoms with Gasteiger partial charge in [0.05, 0.1) is 0 Å². The second-order valence-corrected chi connectivity index (χ2v) is 12.8. The molecule has 0 amide bonds. The smallest absolute Gasteiger partial charge is 0.423 e. The van der Waals surface area contributed by atoms with Gasteiger partial charge >= 0.3 is 7.12 Å². The fourth-order valence-electron chi connectivity index (χ4n) is 5.84. The molecule has 0 aliphatic carbocycles. The van der Waals surface area contributed by atoms with Crippen LogP contribution < -0.4 is 26.2 Å². The Morgan fingerprint density at radius 1 is 0.389 bits per heavy atom. The van der Waals surface area contributed by atoms with E-state index in [-0.39, 0.29) is 0 Å². The molecule has 0 bridgehead atoms. The van der Waals surface area contributed by atoms with Gasteiger partial charge in [-0.25, -0.2) is 0 Å². The number of rotatable bonds is 5. The van der Waals surface area contributed by atoms with Gasteiger partial charge in [0.15, 0.2) is 8.07 Å². The predicted octanol–water partition coefficient (Wildman–Crippen LogP) is 3.05. The Morgan fingerprint density at radius 2 is 0.694 bits per heavy atom. The lowest BCUT2D eigenvalue weighted by Crippen LogP contribution is -2.75. The van der Waals surface area contributed by atoms with Crippen LogP contribution in [0, 0.1) is 0 Å². The van der Waals surface area contributed by atoms with Crippen LogP contribution in [-0.2, 0) is 0 Å². The summed E-state index contributed by atoms with van der Waals surface area (Å²) in [6.45, 7) is 0. The summed E-state index contributed by atoms with van der Waals surface area (Å²) in [5, 5.41) is 30.1. The van der Waals surface area contributed by atoms with Gasteiger partial charge in [0.2, 0.25) is 0 Å². The zero-order valence-corrected chi connectivity index (χ0v) is 20.8. The van der Waals surface area contributed by atoms with Crippen LogP contribution in [0.4, 0.5) is 0 Å². The van der Waals surface area contributed by atoms with Gasteiger partial charge in [0.1, 0.15) is 0 Å². The summed E-state index contributed by atoms with van der Waals surface area (Å²) in [7, 11) is -4.42. The van der Waals surface area contributed by atoms with Crippen molar-refractivity contribution < 1.29 is 10.0 Å². The van der Waals surface area contributed by atoms with Crippen molar-refractivity contribution in [3.05, 3.63) is 140 Å². The highest BCUT2D eigenvalue weighted by Gasteiger charge is 2.44. The molecular weight excluding hydrogens is 455 g/mol. The van der Waals surface area contributed by atoms with Crippen LogP contribution in [0.5, 0.6) is 0 Å². The first-order chi connectivity index (χ1) is 17.7. The van der Waals surface area contributed by atoms with Gasteiger partial charge in [0, 0.05) is 0 Å². The minimum Gasteiger partial charge on any atom is -0.423 e. The SMILES string of the molecule is OB(O)c1c2ccccc2c([Si](c2ccccc2)(c2ccccc2)c2ccccc2)c2ccccc12. The summed E-state index contributed by atoms with van der Waals surface area (Å²) in [5.41, 5.74) is 0.557. The highest BCUT2D eigenvalue weighted by molar-refractivity contribution is 7.21. The molecule has 0 atom stereocenters. The molecule has 0 unspecified atom stereocenters. The standard InChI is InChI=1S/C32H25BO2Si/c34-33(35)31-27-20-10-12-22-29(27)32(30-23-13-11-21-28(30)31)36(24-14-4-1-5-15-24,25-16-6-2-7-17-25)26-18-8-3-9-19-26/h1-23,34-35H. The molecule has 2 N–H and O–H groups in total. The summed E-state index contributed by atoms with van der Waals surface area (Å²) in [6.07, 6.45) is 0. The molecular formula is C32H25BO2Si. The van der Waals surface area contributed by atoms with Gasteiger partial charge in [0.25, 0.3) is 0 Å². The van der Waals surface area contributed by atoms with Crippen molar-refractivity contribution in [1.29, 1.82) is 0 Å². The van der Waals surface area contributed by atoms with Crippen LogP contribution in [0.1, 0.15) is 0 Å². The molecule has 36 heavy (non-hydrogen) atoms. The van der Waals surface area contributed by atoms with Gasteiger partial charge < -0.3 is 10.0 Å². The first kappa shape index (κ1) is 22.5. The fourth-order valence-corrected chi connectivity index (χ4v) is 11.0.